The van der Waals surface area contributed by atoms with Crippen molar-refractivity contribution in [1.29, 1.82) is 0 Å². The number of anilines is 1. The van der Waals surface area contributed by atoms with Crippen LogP contribution in [0.4, 0.5) is 5.69 Å². The minimum Gasteiger partial charge on any atom is -0.478 e. The highest BCUT2D eigenvalue weighted by atomic mass is 32.2. The Balaban J connectivity index is 2.40. The molecule has 5 nitrogen and oxygen atoms in total. The first-order chi connectivity index (χ1) is 11.1. The maximum Gasteiger partial charge on any atom is 0.335 e. The van der Waals surface area contributed by atoms with Gasteiger partial charge in [-0.05, 0) is 54.7 Å². The Kier molecular flexibility index (Phi) is 4.99. The van der Waals surface area contributed by atoms with E-state index in [1.807, 2.05) is 12.1 Å². The lowest BCUT2D eigenvalue weighted by atomic mass is 10.0. The zero-order chi connectivity index (χ0) is 18.1. The van der Waals surface area contributed by atoms with Gasteiger partial charge in [0, 0.05) is 5.69 Å². The molecule has 24 heavy (non-hydrogen) atoms. The largest absolute Gasteiger partial charge is 0.478 e. The summed E-state index contributed by atoms with van der Waals surface area (Å²) in [6, 6.07) is 9.92. The second-order valence-corrected chi connectivity index (χ2v) is 7.77. The minimum atomic E-state index is -3.86. The van der Waals surface area contributed by atoms with Gasteiger partial charge in [0.05, 0.1) is 10.5 Å². The maximum atomic E-state index is 12.6. The number of hydrogen-bond donors (Lipinski definition) is 2. The monoisotopic (exact) mass is 347 g/mol. The van der Waals surface area contributed by atoms with Crippen molar-refractivity contribution in [1.82, 2.24) is 0 Å². The SMILES string of the molecule is Cc1cc(C)c(S(=O)(=O)Nc2ccc(C(C)C)cc2)cc1C(=O)O. The Morgan fingerprint density at radius 3 is 2.12 bits per heavy atom. The third-order valence-corrected chi connectivity index (χ3v) is 5.39. The van der Waals surface area contributed by atoms with Crippen molar-refractivity contribution in [2.24, 2.45) is 0 Å². The lowest BCUT2D eigenvalue weighted by Crippen LogP contribution is -2.16. The van der Waals surface area contributed by atoms with Gasteiger partial charge in [0.25, 0.3) is 10.0 Å². The van der Waals surface area contributed by atoms with Gasteiger partial charge in [-0.1, -0.05) is 32.0 Å². The van der Waals surface area contributed by atoms with Crippen LogP contribution in [-0.2, 0) is 10.0 Å². The first kappa shape index (κ1) is 18.0. The Hall–Kier alpha value is -2.34. The molecule has 0 unspecified atom stereocenters. The number of nitrogens with one attached hydrogen (secondary N) is 1. The molecule has 2 aromatic carbocycles. The molecule has 2 rings (SSSR count). The summed E-state index contributed by atoms with van der Waals surface area (Å²) in [5.74, 6) is -0.793. The van der Waals surface area contributed by atoms with Crippen molar-refractivity contribution >= 4 is 21.7 Å². The van der Waals surface area contributed by atoms with Gasteiger partial charge in [0.15, 0.2) is 0 Å². The standard InChI is InChI=1S/C18H21NO4S/c1-11(2)14-5-7-15(8-6-14)19-24(22,23)17-10-16(18(20)21)12(3)9-13(17)4/h5-11,19H,1-4H3,(H,20,21). The molecule has 0 amide bonds. The van der Waals surface area contributed by atoms with Crippen LogP contribution < -0.4 is 4.72 Å². The lowest BCUT2D eigenvalue weighted by molar-refractivity contribution is 0.0696. The number of sulfonamides is 1. The fourth-order valence-corrected chi connectivity index (χ4v) is 3.81. The van der Waals surface area contributed by atoms with Crippen LogP contribution in [-0.4, -0.2) is 19.5 Å². The number of benzene rings is 2. The Morgan fingerprint density at radius 1 is 1.04 bits per heavy atom. The Bertz CT molecular complexity index is 869. The van der Waals surface area contributed by atoms with Crippen molar-refractivity contribution in [2.45, 2.75) is 38.5 Å². The highest BCUT2D eigenvalue weighted by Gasteiger charge is 2.21. The van der Waals surface area contributed by atoms with Gasteiger partial charge in [-0.2, -0.15) is 0 Å². The molecule has 0 aromatic heterocycles. The van der Waals surface area contributed by atoms with Gasteiger partial charge < -0.3 is 5.11 Å². The molecule has 0 radical (unpaired) electrons. The van der Waals surface area contributed by atoms with E-state index in [0.717, 1.165) is 5.56 Å². The lowest BCUT2D eigenvalue weighted by Gasteiger charge is -2.13. The molecule has 0 aliphatic heterocycles. The molecule has 2 aromatic rings. The zero-order valence-corrected chi connectivity index (χ0v) is 14.9. The van der Waals surface area contributed by atoms with Crippen LogP contribution in [0.1, 0.15) is 46.8 Å². The van der Waals surface area contributed by atoms with Crippen molar-refractivity contribution in [2.75, 3.05) is 4.72 Å². The molecule has 0 spiro atoms. The fourth-order valence-electron chi connectivity index (χ4n) is 2.50. The number of carboxylic acid groups (broad SMARTS) is 1. The smallest absolute Gasteiger partial charge is 0.335 e. The van der Waals surface area contributed by atoms with Crippen molar-refractivity contribution in [3.63, 3.8) is 0 Å². The summed E-state index contributed by atoms with van der Waals surface area (Å²) >= 11 is 0. The summed E-state index contributed by atoms with van der Waals surface area (Å²) in [4.78, 5) is 11.2. The molecular formula is C18H21NO4S. The van der Waals surface area contributed by atoms with E-state index in [-0.39, 0.29) is 10.5 Å². The van der Waals surface area contributed by atoms with E-state index in [2.05, 4.69) is 18.6 Å². The van der Waals surface area contributed by atoms with Gasteiger partial charge in [0.1, 0.15) is 0 Å². The molecule has 0 heterocycles. The van der Waals surface area contributed by atoms with Crippen molar-refractivity contribution in [3.8, 4) is 0 Å². The van der Waals surface area contributed by atoms with E-state index in [1.165, 1.54) is 6.07 Å². The molecule has 0 aliphatic carbocycles. The Morgan fingerprint density at radius 2 is 1.62 bits per heavy atom. The third-order valence-electron chi connectivity index (χ3n) is 3.87. The molecule has 2 N–H and O–H groups in total. The highest BCUT2D eigenvalue weighted by Crippen LogP contribution is 2.24. The van der Waals surface area contributed by atoms with E-state index in [0.29, 0.717) is 22.7 Å². The topological polar surface area (TPSA) is 83.5 Å². The van der Waals surface area contributed by atoms with Gasteiger partial charge in [-0.25, -0.2) is 13.2 Å². The van der Waals surface area contributed by atoms with Crippen LogP contribution in [0.3, 0.4) is 0 Å². The van der Waals surface area contributed by atoms with Crippen LogP contribution in [0.25, 0.3) is 0 Å². The van der Waals surface area contributed by atoms with Crippen LogP contribution in [0.2, 0.25) is 0 Å². The first-order valence-electron chi connectivity index (χ1n) is 7.59. The van der Waals surface area contributed by atoms with E-state index >= 15 is 0 Å². The molecule has 0 saturated carbocycles. The van der Waals surface area contributed by atoms with Crippen LogP contribution in [0.5, 0.6) is 0 Å². The molecule has 0 saturated heterocycles. The van der Waals surface area contributed by atoms with Crippen LogP contribution >= 0.6 is 0 Å². The average Bonchev–Trinajstić information content (AvgIpc) is 2.46. The van der Waals surface area contributed by atoms with E-state index in [4.69, 9.17) is 0 Å². The maximum absolute atomic E-state index is 12.6. The summed E-state index contributed by atoms with van der Waals surface area (Å²) in [5.41, 5.74) is 2.56. The zero-order valence-electron chi connectivity index (χ0n) is 14.1. The molecule has 128 valence electrons. The molecule has 0 fully saturated rings. The molecule has 0 aliphatic rings. The molecular weight excluding hydrogens is 326 g/mol. The first-order valence-corrected chi connectivity index (χ1v) is 9.07. The van der Waals surface area contributed by atoms with Crippen LogP contribution in [0.15, 0.2) is 41.3 Å². The third kappa shape index (κ3) is 3.76. The summed E-state index contributed by atoms with van der Waals surface area (Å²) in [5, 5.41) is 9.20. The molecule has 0 atom stereocenters. The van der Waals surface area contributed by atoms with E-state index in [1.54, 1.807) is 32.0 Å². The Labute approximate surface area is 142 Å². The quantitative estimate of drug-likeness (QED) is 0.858. The second-order valence-electron chi connectivity index (χ2n) is 6.12. The summed E-state index contributed by atoms with van der Waals surface area (Å²) in [6.07, 6.45) is 0. The van der Waals surface area contributed by atoms with Gasteiger partial charge in [-0.3, -0.25) is 4.72 Å². The summed E-state index contributed by atoms with van der Waals surface area (Å²) in [7, 11) is -3.86. The average molecular weight is 347 g/mol. The number of hydrogen-bond acceptors (Lipinski definition) is 3. The van der Waals surface area contributed by atoms with Gasteiger partial charge in [-0.15, -0.1) is 0 Å². The minimum absolute atomic E-state index is 0.0175. The number of carbonyl (C=O) groups is 1. The van der Waals surface area contributed by atoms with E-state index in [9.17, 15) is 18.3 Å². The van der Waals surface area contributed by atoms with Gasteiger partial charge in [0.2, 0.25) is 0 Å². The second kappa shape index (κ2) is 6.65. The normalized spacial score (nSPS) is 11.5. The molecule has 6 heteroatoms. The number of rotatable bonds is 5. The highest BCUT2D eigenvalue weighted by molar-refractivity contribution is 7.92. The van der Waals surface area contributed by atoms with Gasteiger partial charge >= 0.3 is 5.97 Å². The number of carboxylic acids is 1. The number of aryl methyl sites for hydroxylation is 2. The van der Waals surface area contributed by atoms with Crippen molar-refractivity contribution in [3.05, 3.63) is 58.7 Å². The molecule has 0 bridgehead atoms. The van der Waals surface area contributed by atoms with E-state index < -0.39 is 16.0 Å². The number of aromatic carboxylic acids is 1. The summed E-state index contributed by atoms with van der Waals surface area (Å²) < 4.78 is 27.8. The summed E-state index contributed by atoms with van der Waals surface area (Å²) in [6.45, 7) is 7.41. The predicted octanol–water partition coefficient (Wildman–Crippen LogP) is 3.93. The van der Waals surface area contributed by atoms with Crippen molar-refractivity contribution < 1.29 is 18.3 Å². The fraction of sp³-hybridized carbons (Fsp3) is 0.278. The predicted molar refractivity (Wildman–Crippen MR) is 94.2 cm³/mol. The van der Waals surface area contributed by atoms with Crippen LogP contribution in [0, 0.1) is 13.8 Å².